The van der Waals surface area contributed by atoms with Crippen LogP contribution in [0.25, 0.3) is 0 Å². The van der Waals surface area contributed by atoms with E-state index in [9.17, 15) is 18.0 Å². The summed E-state index contributed by atoms with van der Waals surface area (Å²) in [5.74, 6) is -0.299. The van der Waals surface area contributed by atoms with Gasteiger partial charge in [-0.05, 0) is 6.42 Å². The van der Waals surface area contributed by atoms with Crippen LogP contribution in [-0.4, -0.2) is 70.6 Å². The van der Waals surface area contributed by atoms with Gasteiger partial charge in [-0.3, -0.25) is 10.1 Å². The summed E-state index contributed by atoms with van der Waals surface area (Å²) in [4.78, 5) is 24.8. The van der Waals surface area contributed by atoms with Gasteiger partial charge >= 0.3 is 6.03 Å². The van der Waals surface area contributed by atoms with Gasteiger partial charge in [0.2, 0.25) is 0 Å². The Kier molecular flexibility index (Phi) is 6.16. The highest BCUT2D eigenvalue weighted by Gasteiger charge is 2.29. The molecule has 2 rings (SSSR count). The zero-order chi connectivity index (χ0) is 16.0. The number of likely N-dealkylation sites (tertiary alicyclic amines) is 1. The van der Waals surface area contributed by atoms with Gasteiger partial charge in [0.1, 0.15) is 13.1 Å². The normalized spacial score (nSPS) is 24.3. The van der Waals surface area contributed by atoms with Crippen LogP contribution < -0.4 is 20.9 Å². The Labute approximate surface area is 130 Å². The number of quaternary nitrogens is 2. The van der Waals surface area contributed by atoms with Crippen LogP contribution in [0.4, 0.5) is 4.79 Å². The van der Waals surface area contributed by atoms with E-state index in [-0.39, 0.29) is 30.0 Å². The third kappa shape index (κ3) is 5.90. The minimum atomic E-state index is -3.03. The maximum Gasteiger partial charge on any atom is 0.321 e. The average Bonchev–Trinajstić information content (AvgIpc) is 3.04. The Morgan fingerprint density at radius 2 is 1.95 bits per heavy atom. The molecule has 22 heavy (non-hydrogen) atoms. The number of urea groups is 1. The molecule has 2 fully saturated rings. The zero-order valence-electron chi connectivity index (χ0n) is 12.8. The molecule has 0 spiro atoms. The molecule has 0 aromatic carbocycles. The van der Waals surface area contributed by atoms with Crippen molar-refractivity contribution in [1.82, 2.24) is 10.6 Å². The lowest BCUT2D eigenvalue weighted by Gasteiger charge is -2.12. The molecule has 0 unspecified atom stereocenters. The second kappa shape index (κ2) is 7.89. The number of sulfone groups is 1. The molecule has 0 radical (unpaired) electrons. The number of rotatable bonds is 6. The first-order valence-electron chi connectivity index (χ1n) is 7.90. The van der Waals surface area contributed by atoms with Crippen molar-refractivity contribution in [1.29, 1.82) is 0 Å². The number of hydrogen-bond donors (Lipinski definition) is 4. The maximum atomic E-state index is 11.6. The average molecular weight is 334 g/mol. The molecule has 0 saturated carbocycles. The summed E-state index contributed by atoms with van der Waals surface area (Å²) in [5.41, 5.74) is 0. The summed E-state index contributed by atoms with van der Waals surface area (Å²) in [7, 11) is -3.03. The predicted octanol–water partition coefficient (Wildman–Crippen LogP) is -3.76. The van der Waals surface area contributed by atoms with Crippen molar-refractivity contribution >= 4 is 21.8 Å². The lowest BCUT2D eigenvalue weighted by molar-refractivity contribution is -0.900. The lowest BCUT2D eigenvalue weighted by atomic mass is 10.3. The first kappa shape index (κ1) is 17.2. The molecule has 0 aromatic rings. The number of imide groups is 1. The number of amides is 3. The largest absolute Gasteiger partial charge is 0.334 e. The van der Waals surface area contributed by atoms with Crippen LogP contribution in [-0.2, 0) is 14.6 Å². The van der Waals surface area contributed by atoms with Gasteiger partial charge in [0, 0.05) is 18.9 Å². The van der Waals surface area contributed by atoms with Crippen molar-refractivity contribution in [3.8, 4) is 0 Å². The Balaban J connectivity index is 1.55. The van der Waals surface area contributed by atoms with Crippen LogP contribution in [0.5, 0.6) is 0 Å². The fourth-order valence-electron chi connectivity index (χ4n) is 2.97. The molecule has 0 bridgehead atoms. The molecule has 5 N–H and O–H groups in total. The summed E-state index contributed by atoms with van der Waals surface area (Å²) < 4.78 is 22.6. The summed E-state index contributed by atoms with van der Waals surface area (Å²) >= 11 is 0. The molecular formula is C13H26N4O4S+2. The number of carbonyl (C=O) groups is 2. The first-order valence-corrected chi connectivity index (χ1v) is 9.73. The quantitative estimate of drug-likeness (QED) is 0.374. The zero-order valence-corrected chi connectivity index (χ0v) is 13.6. The van der Waals surface area contributed by atoms with Crippen LogP contribution in [0, 0.1) is 0 Å². The molecular weight excluding hydrogens is 308 g/mol. The smallest absolute Gasteiger partial charge is 0.321 e. The van der Waals surface area contributed by atoms with Crippen molar-refractivity contribution in [3.05, 3.63) is 0 Å². The van der Waals surface area contributed by atoms with E-state index in [0.717, 1.165) is 13.1 Å². The van der Waals surface area contributed by atoms with E-state index in [4.69, 9.17) is 0 Å². The van der Waals surface area contributed by atoms with Crippen LogP contribution in [0.3, 0.4) is 0 Å². The van der Waals surface area contributed by atoms with Crippen LogP contribution in [0.15, 0.2) is 0 Å². The van der Waals surface area contributed by atoms with Gasteiger partial charge in [-0.25, -0.2) is 13.2 Å². The topological polar surface area (TPSA) is 113 Å². The molecule has 2 aliphatic rings. The van der Waals surface area contributed by atoms with E-state index in [1.165, 1.54) is 25.9 Å². The van der Waals surface area contributed by atoms with Crippen molar-refractivity contribution in [2.24, 2.45) is 0 Å². The van der Waals surface area contributed by atoms with Crippen LogP contribution >= 0.6 is 0 Å². The number of hydrogen-bond acceptors (Lipinski definition) is 4. The van der Waals surface area contributed by atoms with E-state index >= 15 is 0 Å². The van der Waals surface area contributed by atoms with Gasteiger partial charge in [-0.2, -0.15) is 0 Å². The highest BCUT2D eigenvalue weighted by molar-refractivity contribution is 7.91. The lowest BCUT2D eigenvalue weighted by Crippen LogP contribution is -3.13. The third-order valence-electron chi connectivity index (χ3n) is 4.16. The summed E-state index contributed by atoms with van der Waals surface area (Å²) in [6, 6.07) is -0.994. The second-order valence-corrected chi connectivity index (χ2v) is 8.34. The van der Waals surface area contributed by atoms with E-state index in [1.54, 1.807) is 4.90 Å². The Morgan fingerprint density at radius 1 is 1.23 bits per heavy atom. The van der Waals surface area contributed by atoms with Gasteiger partial charge in [0.15, 0.2) is 16.4 Å². The summed E-state index contributed by atoms with van der Waals surface area (Å²) in [6.07, 6.45) is 2.98. The van der Waals surface area contributed by atoms with Crippen molar-refractivity contribution in [2.75, 3.05) is 44.2 Å². The van der Waals surface area contributed by atoms with Gasteiger partial charge in [-0.15, -0.1) is 0 Å². The molecule has 3 amide bonds. The van der Waals surface area contributed by atoms with Crippen LogP contribution in [0.1, 0.15) is 19.3 Å². The monoisotopic (exact) mass is 334 g/mol. The SMILES string of the molecule is O=C(C[NH2+]CC[NH+]1CCCC1)NC(=O)N[C@H]1CCS(=O)(=O)C1. The fraction of sp³-hybridized carbons (Fsp3) is 0.846. The minimum absolute atomic E-state index is 0.0423. The molecule has 8 nitrogen and oxygen atoms in total. The molecule has 2 heterocycles. The third-order valence-corrected chi connectivity index (χ3v) is 5.93. The molecule has 9 heteroatoms. The first-order chi connectivity index (χ1) is 10.4. The highest BCUT2D eigenvalue weighted by Crippen LogP contribution is 2.10. The molecule has 126 valence electrons. The van der Waals surface area contributed by atoms with Gasteiger partial charge in [0.05, 0.1) is 24.6 Å². The van der Waals surface area contributed by atoms with Crippen molar-refractivity contribution in [2.45, 2.75) is 25.3 Å². The minimum Gasteiger partial charge on any atom is -0.334 e. The van der Waals surface area contributed by atoms with Crippen molar-refractivity contribution < 1.29 is 28.2 Å². The fourth-order valence-corrected chi connectivity index (χ4v) is 4.65. The predicted molar refractivity (Wildman–Crippen MR) is 80.2 cm³/mol. The molecule has 0 aliphatic carbocycles. The standard InChI is InChI=1S/C13H24N4O4S/c18-12(9-14-4-7-17-5-1-2-6-17)16-13(19)15-11-3-8-22(20,21)10-11/h11,14H,1-10H2,(H2,15,16,18,19)/p+2/t11-/m0/s1. The summed E-state index contributed by atoms with van der Waals surface area (Å²) in [6.45, 7) is 4.55. The van der Waals surface area contributed by atoms with Gasteiger partial charge in [0.25, 0.3) is 5.91 Å². The number of carbonyl (C=O) groups excluding carboxylic acids is 2. The summed E-state index contributed by atoms with van der Waals surface area (Å²) in [5, 5.41) is 6.67. The van der Waals surface area contributed by atoms with E-state index in [2.05, 4.69) is 10.6 Å². The molecule has 2 aliphatic heterocycles. The van der Waals surface area contributed by atoms with Gasteiger partial charge in [-0.1, -0.05) is 0 Å². The molecule has 2 saturated heterocycles. The van der Waals surface area contributed by atoms with Crippen LogP contribution in [0.2, 0.25) is 0 Å². The Hall–Kier alpha value is -1.19. The second-order valence-electron chi connectivity index (χ2n) is 6.11. The Bertz CT molecular complexity index is 502. The number of nitrogens with one attached hydrogen (secondary N) is 3. The Morgan fingerprint density at radius 3 is 2.59 bits per heavy atom. The molecule has 1 atom stereocenters. The van der Waals surface area contributed by atoms with E-state index < -0.39 is 15.9 Å². The van der Waals surface area contributed by atoms with E-state index in [0.29, 0.717) is 6.42 Å². The molecule has 0 aromatic heterocycles. The van der Waals surface area contributed by atoms with Crippen molar-refractivity contribution in [3.63, 3.8) is 0 Å². The number of nitrogens with two attached hydrogens (primary N) is 1. The highest BCUT2D eigenvalue weighted by atomic mass is 32.2. The van der Waals surface area contributed by atoms with E-state index in [1.807, 2.05) is 5.32 Å². The maximum absolute atomic E-state index is 11.6. The van der Waals surface area contributed by atoms with Gasteiger partial charge < -0.3 is 15.5 Å².